The molecule has 25 heavy (non-hydrogen) atoms. The maximum Gasteiger partial charge on any atom is 0.258 e. The molecule has 0 atom stereocenters. The smallest absolute Gasteiger partial charge is 0.258 e. The molecule has 1 aliphatic carbocycles. The van der Waals surface area contributed by atoms with Crippen LogP contribution in [-0.2, 0) is 11.3 Å². The number of rotatable bonds is 7. The van der Waals surface area contributed by atoms with E-state index in [-0.39, 0.29) is 18.4 Å². The van der Waals surface area contributed by atoms with Crippen molar-refractivity contribution in [2.75, 3.05) is 6.61 Å². The molecule has 1 aliphatic rings. The summed E-state index contributed by atoms with van der Waals surface area (Å²) in [5.74, 6) is 0.132. The molecule has 2 N–H and O–H groups in total. The first-order chi connectivity index (χ1) is 12.1. The lowest BCUT2D eigenvalue weighted by atomic mass is 10.2. The van der Waals surface area contributed by atoms with Crippen LogP contribution >= 0.6 is 11.6 Å². The van der Waals surface area contributed by atoms with Gasteiger partial charge in [-0.05, 0) is 48.7 Å². The molecule has 0 heterocycles. The first-order valence-electron chi connectivity index (χ1n) is 8.15. The largest absolute Gasteiger partial charge is 0.484 e. The van der Waals surface area contributed by atoms with Crippen molar-refractivity contribution in [3.8, 4) is 5.75 Å². The van der Waals surface area contributed by atoms with Crippen LogP contribution in [0, 0.1) is 0 Å². The average molecular weight is 359 g/mol. The van der Waals surface area contributed by atoms with E-state index in [1.807, 2.05) is 12.1 Å². The number of benzene rings is 2. The number of hydrogen-bond donors (Lipinski definition) is 2. The van der Waals surface area contributed by atoms with Crippen LogP contribution < -0.4 is 15.4 Å². The first-order valence-corrected chi connectivity index (χ1v) is 8.53. The summed E-state index contributed by atoms with van der Waals surface area (Å²) in [5.41, 5.74) is 1.45. The van der Waals surface area contributed by atoms with Crippen LogP contribution in [-0.4, -0.2) is 24.5 Å². The molecular formula is C19H19ClN2O3. The second kappa shape index (κ2) is 8.03. The van der Waals surface area contributed by atoms with Crippen molar-refractivity contribution in [1.29, 1.82) is 0 Å². The second-order valence-corrected chi connectivity index (χ2v) is 6.41. The zero-order valence-corrected chi connectivity index (χ0v) is 14.4. The normalized spacial score (nSPS) is 13.2. The Morgan fingerprint density at radius 3 is 2.68 bits per heavy atom. The van der Waals surface area contributed by atoms with Crippen molar-refractivity contribution in [2.45, 2.75) is 25.4 Å². The average Bonchev–Trinajstić information content (AvgIpc) is 3.42. The van der Waals surface area contributed by atoms with Gasteiger partial charge >= 0.3 is 0 Å². The Balaban J connectivity index is 1.47. The van der Waals surface area contributed by atoms with Crippen LogP contribution in [0.1, 0.15) is 28.8 Å². The van der Waals surface area contributed by atoms with Gasteiger partial charge in [0.2, 0.25) is 0 Å². The van der Waals surface area contributed by atoms with Gasteiger partial charge in [-0.2, -0.15) is 0 Å². The summed E-state index contributed by atoms with van der Waals surface area (Å²) in [6.07, 6.45) is 2.07. The number of nitrogens with one attached hydrogen (secondary N) is 2. The molecule has 0 bridgehead atoms. The van der Waals surface area contributed by atoms with Gasteiger partial charge in [-0.3, -0.25) is 9.59 Å². The quantitative estimate of drug-likeness (QED) is 0.799. The van der Waals surface area contributed by atoms with Crippen LogP contribution in [0.2, 0.25) is 5.02 Å². The minimum Gasteiger partial charge on any atom is -0.484 e. The van der Waals surface area contributed by atoms with Gasteiger partial charge in [-0.25, -0.2) is 0 Å². The Labute approximate surface area is 151 Å². The number of halogens is 1. The number of carbonyl (C=O) groups excluding carboxylic acids is 2. The fraction of sp³-hybridized carbons (Fsp3) is 0.263. The van der Waals surface area contributed by atoms with Gasteiger partial charge in [0.15, 0.2) is 6.61 Å². The standard InChI is InChI=1S/C19H19ClN2O3/c20-15-5-1-3-13(9-15)11-21-18(23)12-25-17-6-2-4-14(10-17)19(24)22-16-7-8-16/h1-6,9-10,16H,7-8,11-12H2,(H,21,23)(H,22,24). The van der Waals surface area contributed by atoms with Crippen LogP contribution in [0.5, 0.6) is 5.75 Å². The zero-order chi connectivity index (χ0) is 17.6. The van der Waals surface area contributed by atoms with E-state index in [1.54, 1.807) is 36.4 Å². The molecule has 1 fully saturated rings. The summed E-state index contributed by atoms with van der Waals surface area (Å²) in [4.78, 5) is 23.9. The molecule has 5 nitrogen and oxygen atoms in total. The van der Waals surface area contributed by atoms with Crippen molar-refractivity contribution in [3.05, 3.63) is 64.7 Å². The van der Waals surface area contributed by atoms with Gasteiger partial charge < -0.3 is 15.4 Å². The lowest BCUT2D eigenvalue weighted by Crippen LogP contribution is -2.28. The summed E-state index contributed by atoms with van der Waals surface area (Å²) in [7, 11) is 0. The molecule has 2 aromatic rings. The minimum atomic E-state index is -0.243. The molecule has 0 aliphatic heterocycles. The predicted molar refractivity (Wildman–Crippen MR) is 95.7 cm³/mol. The topological polar surface area (TPSA) is 67.4 Å². The Morgan fingerprint density at radius 1 is 1.12 bits per heavy atom. The Morgan fingerprint density at radius 2 is 1.92 bits per heavy atom. The van der Waals surface area contributed by atoms with E-state index in [0.717, 1.165) is 18.4 Å². The maximum atomic E-state index is 12.0. The number of amides is 2. The number of hydrogen-bond acceptors (Lipinski definition) is 3. The van der Waals surface area contributed by atoms with Gasteiger partial charge in [0.05, 0.1) is 0 Å². The molecule has 6 heteroatoms. The fourth-order valence-corrected chi connectivity index (χ4v) is 2.48. The van der Waals surface area contributed by atoms with Crippen LogP contribution in [0.3, 0.4) is 0 Å². The molecule has 1 saturated carbocycles. The lowest BCUT2D eigenvalue weighted by molar-refractivity contribution is -0.123. The third-order valence-electron chi connectivity index (χ3n) is 3.76. The van der Waals surface area contributed by atoms with Crippen molar-refractivity contribution < 1.29 is 14.3 Å². The summed E-state index contributed by atoms with van der Waals surface area (Å²) in [5, 5.41) is 6.32. The van der Waals surface area contributed by atoms with Crippen LogP contribution in [0.25, 0.3) is 0 Å². The number of carbonyl (C=O) groups is 2. The zero-order valence-electron chi connectivity index (χ0n) is 13.6. The molecular weight excluding hydrogens is 340 g/mol. The molecule has 2 amide bonds. The maximum absolute atomic E-state index is 12.0. The van der Waals surface area contributed by atoms with E-state index < -0.39 is 0 Å². The summed E-state index contributed by atoms with van der Waals surface area (Å²) >= 11 is 5.91. The van der Waals surface area contributed by atoms with Crippen molar-refractivity contribution >= 4 is 23.4 Å². The summed E-state index contributed by atoms with van der Waals surface area (Å²) in [6.45, 7) is 0.265. The van der Waals surface area contributed by atoms with E-state index >= 15 is 0 Å². The Hall–Kier alpha value is -2.53. The lowest BCUT2D eigenvalue weighted by Gasteiger charge is -2.09. The highest BCUT2D eigenvalue weighted by atomic mass is 35.5. The van der Waals surface area contributed by atoms with Gasteiger partial charge in [0, 0.05) is 23.2 Å². The molecule has 0 spiro atoms. The van der Waals surface area contributed by atoms with Gasteiger partial charge in [-0.15, -0.1) is 0 Å². The highest BCUT2D eigenvalue weighted by Gasteiger charge is 2.23. The minimum absolute atomic E-state index is 0.113. The highest BCUT2D eigenvalue weighted by Crippen LogP contribution is 2.20. The van der Waals surface area contributed by atoms with Crippen LogP contribution in [0.4, 0.5) is 0 Å². The molecule has 2 aromatic carbocycles. The van der Waals surface area contributed by atoms with Crippen molar-refractivity contribution in [2.24, 2.45) is 0 Å². The third-order valence-corrected chi connectivity index (χ3v) is 3.99. The Kier molecular flexibility index (Phi) is 5.56. The first kappa shape index (κ1) is 17.3. The summed E-state index contributed by atoms with van der Waals surface area (Å²) < 4.78 is 5.47. The van der Waals surface area contributed by atoms with E-state index in [4.69, 9.17) is 16.3 Å². The monoisotopic (exact) mass is 358 g/mol. The molecule has 0 unspecified atom stereocenters. The highest BCUT2D eigenvalue weighted by molar-refractivity contribution is 6.30. The molecule has 0 aromatic heterocycles. The van der Waals surface area contributed by atoms with E-state index in [2.05, 4.69) is 10.6 Å². The third kappa shape index (κ3) is 5.50. The van der Waals surface area contributed by atoms with E-state index in [1.165, 1.54) is 0 Å². The second-order valence-electron chi connectivity index (χ2n) is 5.97. The van der Waals surface area contributed by atoms with Crippen molar-refractivity contribution in [1.82, 2.24) is 10.6 Å². The SMILES string of the molecule is O=C(COc1cccc(C(=O)NC2CC2)c1)NCc1cccc(Cl)c1. The van der Waals surface area contributed by atoms with Gasteiger partial charge in [0.25, 0.3) is 11.8 Å². The van der Waals surface area contributed by atoms with Crippen molar-refractivity contribution in [3.63, 3.8) is 0 Å². The molecule has 0 radical (unpaired) electrons. The van der Waals surface area contributed by atoms with Gasteiger partial charge in [0.1, 0.15) is 5.75 Å². The molecule has 0 saturated heterocycles. The summed E-state index contributed by atoms with van der Waals surface area (Å²) in [6, 6.07) is 14.4. The molecule has 3 rings (SSSR count). The molecule has 130 valence electrons. The Bertz CT molecular complexity index is 775. The predicted octanol–water partition coefficient (Wildman–Crippen LogP) is 2.93. The fourth-order valence-electron chi connectivity index (χ4n) is 2.27. The van der Waals surface area contributed by atoms with Gasteiger partial charge in [-0.1, -0.05) is 29.8 Å². The number of ether oxygens (including phenoxy) is 1. The van der Waals surface area contributed by atoms with E-state index in [9.17, 15) is 9.59 Å². The van der Waals surface area contributed by atoms with Crippen LogP contribution in [0.15, 0.2) is 48.5 Å². The van der Waals surface area contributed by atoms with E-state index in [0.29, 0.717) is 28.9 Å².